The Morgan fingerprint density at radius 2 is 2.31 bits per heavy atom. The third-order valence-electron chi connectivity index (χ3n) is 2.20. The van der Waals surface area contributed by atoms with Crippen LogP contribution in [0.1, 0.15) is 24.3 Å². The Kier molecular flexibility index (Phi) is 3.29. The maximum atomic E-state index is 11.1. The first-order valence-electron chi connectivity index (χ1n) is 5.27. The quantitative estimate of drug-likeness (QED) is 0.602. The smallest absolute Gasteiger partial charge is 0.169 e. The summed E-state index contributed by atoms with van der Waals surface area (Å²) in [5, 5.41) is 0.829. The van der Waals surface area contributed by atoms with Crippen molar-refractivity contribution in [3.8, 4) is 0 Å². The fourth-order valence-electron chi connectivity index (χ4n) is 1.45. The zero-order valence-corrected chi connectivity index (χ0v) is 10.2. The predicted molar refractivity (Wildman–Crippen MR) is 66.1 cm³/mol. The van der Waals surface area contributed by atoms with Crippen molar-refractivity contribution >= 4 is 23.7 Å². The van der Waals surface area contributed by atoms with Gasteiger partial charge in [0, 0.05) is 11.9 Å². The molecule has 2 heterocycles. The summed E-state index contributed by atoms with van der Waals surface area (Å²) in [5.74, 6) is 1.57. The molecule has 0 bridgehead atoms. The van der Waals surface area contributed by atoms with Crippen LogP contribution in [0, 0.1) is 5.92 Å². The number of pyridine rings is 1. The molecule has 0 radical (unpaired) electrons. The van der Waals surface area contributed by atoms with Gasteiger partial charge in [-0.3, -0.25) is 9.20 Å². The van der Waals surface area contributed by atoms with Crippen molar-refractivity contribution in [2.75, 3.05) is 5.75 Å². The van der Waals surface area contributed by atoms with E-state index in [2.05, 4.69) is 18.8 Å². The molecular weight excluding hydrogens is 220 g/mol. The number of hydrogen-bond acceptors (Lipinski definition) is 3. The van der Waals surface area contributed by atoms with Gasteiger partial charge >= 0.3 is 0 Å². The predicted octanol–water partition coefficient (Wildman–Crippen LogP) is 2.89. The first kappa shape index (κ1) is 11.2. The van der Waals surface area contributed by atoms with Crippen LogP contribution in [0.3, 0.4) is 0 Å². The zero-order chi connectivity index (χ0) is 11.5. The van der Waals surface area contributed by atoms with Gasteiger partial charge in [-0.1, -0.05) is 19.9 Å². The van der Waals surface area contributed by atoms with Crippen molar-refractivity contribution < 1.29 is 4.79 Å². The highest BCUT2D eigenvalue weighted by Gasteiger charge is 2.11. The highest BCUT2D eigenvalue weighted by molar-refractivity contribution is 7.99. The van der Waals surface area contributed by atoms with E-state index >= 15 is 0 Å². The lowest BCUT2D eigenvalue weighted by Crippen LogP contribution is -1.94. The van der Waals surface area contributed by atoms with E-state index in [0.717, 1.165) is 22.7 Å². The lowest BCUT2D eigenvalue weighted by atomic mass is 10.3. The second kappa shape index (κ2) is 4.70. The van der Waals surface area contributed by atoms with Crippen LogP contribution < -0.4 is 0 Å². The Morgan fingerprint density at radius 3 is 3.00 bits per heavy atom. The van der Waals surface area contributed by atoms with E-state index in [9.17, 15) is 4.79 Å². The molecule has 0 N–H and O–H groups in total. The van der Waals surface area contributed by atoms with Crippen LogP contribution in [-0.4, -0.2) is 21.4 Å². The number of fused-ring (bicyclic) bond motifs is 1. The summed E-state index contributed by atoms with van der Waals surface area (Å²) < 4.78 is 1.83. The van der Waals surface area contributed by atoms with Crippen molar-refractivity contribution in [2.24, 2.45) is 5.92 Å². The number of carbonyl (C=O) groups is 1. The van der Waals surface area contributed by atoms with E-state index < -0.39 is 0 Å². The van der Waals surface area contributed by atoms with Gasteiger partial charge < -0.3 is 0 Å². The van der Waals surface area contributed by atoms with Gasteiger partial charge in [-0.2, -0.15) is 0 Å². The summed E-state index contributed by atoms with van der Waals surface area (Å²) >= 11 is 1.64. The minimum Gasteiger partial charge on any atom is -0.296 e. The second-order valence-electron chi connectivity index (χ2n) is 4.05. The van der Waals surface area contributed by atoms with Gasteiger partial charge in [-0.15, -0.1) is 11.8 Å². The fourth-order valence-corrected chi connectivity index (χ4v) is 2.40. The van der Waals surface area contributed by atoms with Crippen LogP contribution in [0.4, 0.5) is 0 Å². The number of carbonyl (C=O) groups excluding carboxylic acids is 1. The standard InChI is InChI=1S/C12H14N2OS/c1-9(2)8-16-12-10(7-15)14-6-4-3-5-11(14)13-12/h3-7,9H,8H2,1-2H3. The van der Waals surface area contributed by atoms with E-state index in [1.54, 1.807) is 11.8 Å². The fraction of sp³-hybridized carbons (Fsp3) is 0.333. The van der Waals surface area contributed by atoms with Crippen LogP contribution in [-0.2, 0) is 0 Å². The van der Waals surface area contributed by atoms with E-state index in [1.165, 1.54) is 0 Å². The Hall–Kier alpha value is -1.29. The summed E-state index contributed by atoms with van der Waals surface area (Å²) in [6.07, 6.45) is 2.74. The molecule has 4 heteroatoms. The Balaban J connectivity index is 2.40. The van der Waals surface area contributed by atoms with Crippen molar-refractivity contribution in [1.29, 1.82) is 0 Å². The summed E-state index contributed by atoms with van der Waals surface area (Å²) in [6, 6.07) is 5.73. The largest absolute Gasteiger partial charge is 0.296 e. The number of thioether (sulfide) groups is 1. The Morgan fingerprint density at radius 1 is 1.50 bits per heavy atom. The van der Waals surface area contributed by atoms with Crippen LogP contribution in [0.2, 0.25) is 0 Å². The van der Waals surface area contributed by atoms with Gasteiger partial charge in [0.05, 0.1) is 0 Å². The summed E-state index contributed by atoms with van der Waals surface area (Å²) in [5.41, 5.74) is 1.48. The van der Waals surface area contributed by atoms with Crippen molar-refractivity contribution in [3.05, 3.63) is 30.1 Å². The monoisotopic (exact) mass is 234 g/mol. The molecule has 0 saturated heterocycles. The third kappa shape index (κ3) is 2.11. The Labute approximate surface area is 98.9 Å². The molecule has 0 amide bonds. The minimum absolute atomic E-state index is 0.592. The van der Waals surface area contributed by atoms with E-state index in [1.807, 2.05) is 28.8 Å². The number of rotatable bonds is 4. The van der Waals surface area contributed by atoms with Gasteiger partial charge in [0.25, 0.3) is 0 Å². The molecule has 0 aliphatic heterocycles. The van der Waals surface area contributed by atoms with Crippen LogP contribution in [0.25, 0.3) is 5.65 Å². The highest BCUT2D eigenvalue weighted by Crippen LogP contribution is 2.23. The summed E-state index contributed by atoms with van der Waals surface area (Å²) in [6.45, 7) is 4.31. The van der Waals surface area contributed by atoms with Gasteiger partial charge in [-0.05, 0) is 18.1 Å². The van der Waals surface area contributed by atoms with Gasteiger partial charge in [0.2, 0.25) is 0 Å². The molecule has 0 aromatic carbocycles. The van der Waals surface area contributed by atoms with Crippen molar-refractivity contribution in [2.45, 2.75) is 18.9 Å². The minimum atomic E-state index is 0.592. The molecule has 0 saturated carbocycles. The number of aldehydes is 1. The molecule has 0 aliphatic carbocycles. The Bertz CT molecular complexity index is 505. The summed E-state index contributed by atoms with van der Waals surface area (Å²) in [4.78, 5) is 15.5. The number of imidazole rings is 1. The first-order chi connectivity index (χ1) is 7.72. The van der Waals surface area contributed by atoms with Gasteiger partial charge in [0.1, 0.15) is 16.4 Å². The average Bonchev–Trinajstić information content (AvgIpc) is 2.63. The van der Waals surface area contributed by atoms with E-state index in [4.69, 9.17) is 0 Å². The number of aromatic nitrogens is 2. The lowest BCUT2D eigenvalue weighted by molar-refractivity contribution is 0.111. The van der Waals surface area contributed by atoms with E-state index in [-0.39, 0.29) is 0 Å². The molecule has 0 atom stereocenters. The SMILES string of the molecule is CC(C)CSc1nc2ccccn2c1C=O. The normalized spacial score (nSPS) is 11.2. The lowest BCUT2D eigenvalue weighted by Gasteiger charge is -2.01. The van der Waals surface area contributed by atoms with Gasteiger partial charge in [0.15, 0.2) is 6.29 Å². The number of nitrogens with zero attached hydrogens (tertiary/aromatic N) is 2. The molecule has 2 aromatic heterocycles. The molecule has 84 valence electrons. The summed E-state index contributed by atoms with van der Waals surface area (Å²) in [7, 11) is 0. The van der Waals surface area contributed by atoms with E-state index in [0.29, 0.717) is 11.6 Å². The molecule has 0 spiro atoms. The second-order valence-corrected chi connectivity index (χ2v) is 5.06. The molecule has 0 unspecified atom stereocenters. The molecule has 0 aliphatic rings. The van der Waals surface area contributed by atoms with Crippen LogP contribution in [0.15, 0.2) is 29.4 Å². The van der Waals surface area contributed by atoms with Gasteiger partial charge in [-0.25, -0.2) is 4.98 Å². The van der Waals surface area contributed by atoms with Crippen LogP contribution >= 0.6 is 11.8 Å². The zero-order valence-electron chi connectivity index (χ0n) is 9.38. The number of hydrogen-bond donors (Lipinski definition) is 0. The molecule has 0 fully saturated rings. The molecule has 2 aromatic rings. The molecule has 2 rings (SSSR count). The average molecular weight is 234 g/mol. The van der Waals surface area contributed by atoms with Crippen molar-refractivity contribution in [3.63, 3.8) is 0 Å². The maximum Gasteiger partial charge on any atom is 0.169 e. The topological polar surface area (TPSA) is 34.4 Å². The van der Waals surface area contributed by atoms with Crippen LogP contribution in [0.5, 0.6) is 0 Å². The third-order valence-corrected chi connectivity index (χ3v) is 3.61. The molecule has 3 nitrogen and oxygen atoms in total. The highest BCUT2D eigenvalue weighted by atomic mass is 32.2. The molecular formula is C12H14N2OS. The maximum absolute atomic E-state index is 11.1. The van der Waals surface area contributed by atoms with Crippen molar-refractivity contribution in [1.82, 2.24) is 9.38 Å². The molecule has 16 heavy (non-hydrogen) atoms. The first-order valence-corrected chi connectivity index (χ1v) is 6.26.